The third-order valence-corrected chi connectivity index (χ3v) is 3.66. The summed E-state index contributed by atoms with van der Waals surface area (Å²) >= 11 is 5.89. The molecule has 108 valence electrons. The number of rotatable bonds is 9. The fourth-order valence-electron chi connectivity index (χ4n) is 2.06. The molecule has 0 spiro atoms. The molecule has 0 bridgehead atoms. The van der Waals surface area contributed by atoms with E-state index in [1.807, 2.05) is 6.07 Å². The van der Waals surface area contributed by atoms with Crippen LogP contribution in [0.25, 0.3) is 0 Å². The van der Waals surface area contributed by atoms with Crippen LogP contribution in [0.5, 0.6) is 0 Å². The highest BCUT2D eigenvalue weighted by Gasteiger charge is 2.04. The second-order valence-corrected chi connectivity index (χ2v) is 5.86. The Balaban J connectivity index is 2.06. The van der Waals surface area contributed by atoms with Gasteiger partial charge in [-0.25, -0.2) is 4.39 Å². The first kappa shape index (κ1) is 16.5. The molecule has 0 fully saturated rings. The lowest BCUT2D eigenvalue weighted by Gasteiger charge is -2.07. The maximum absolute atomic E-state index is 13.2. The summed E-state index contributed by atoms with van der Waals surface area (Å²) in [6.45, 7) is 6.14. The smallest absolute Gasteiger partial charge is 0.142 e. The van der Waals surface area contributed by atoms with Crippen LogP contribution in [0.4, 0.5) is 4.39 Å². The lowest BCUT2D eigenvalue weighted by atomic mass is 10.0. The minimum Gasteiger partial charge on any atom is -0.313 e. The van der Waals surface area contributed by atoms with Crippen LogP contribution in [0, 0.1) is 11.7 Å². The molecule has 0 unspecified atom stereocenters. The van der Waals surface area contributed by atoms with Gasteiger partial charge in [0.05, 0.1) is 5.02 Å². The van der Waals surface area contributed by atoms with E-state index in [9.17, 15) is 4.39 Å². The number of halogens is 2. The Hall–Kier alpha value is -0.600. The van der Waals surface area contributed by atoms with E-state index in [-0.39, 0.29) is 10.8 Å². The zero-order chi connectivity index (χ0) is 14.1. The fraction of sp³-hybridized carbons (Fsp3) is 0.625. The van der Waals surface area contributed by atoms with Gasteiger partial charge in [-0.2, -0.15) is 0 Å². The van der Waals surface area contributed by atoms with Crippen LogP contribution < -0.4 is 5.32 Å². The van der Waals surface area contributed by atoms with Crippen molar-refractivity contribution in [3.63, 3.8) is 0 Å². The molecule has 0 aliphatic carbocycles. The van der Waals surface area contributed by atoms with Gasteiger partial charge in [-0.15, -0.1) is 0 Å². The first-order valence-corrected chi connectivity index (χ1v) is 7.62. The van der Waals surface area contributed by atoms with Crippen molar-refractivity contribution in [2.24, 2.45) is 5.92 Å². The fourth-order valence-corrected chi connectivity index (χ4v) is 2.26. The summed E-state index contributed by atoms with van der Waals surface area (Å²) in [4.78, 5) is 0. The molecule has 1 nitrogen and oxygen atoms in total. The second kappa shape index (κ2) is 9.33. The van der Waals surface area contributed by atoms with Crippen LogP contribution in [0.3, 0.4) is 0 Å². The highest BCUT2D eigenvalue weighted by Crippen LogP contribution is 2.19. The van der Waals surface area contributed by atoms with Gasteiger partial charge in [-0.3, -0.25) is 0 Å². The average molecular weight is 286 g/mol. The average Bonchev–Trinajstić information content (AvgIpc) is 2.37. The van der Waals surface area contributed by atoms with Crippen LogP contribution in [-0.4, -0.2) is 6.54 Å². The van der Waals surface area contributed by atoms with Crippen molar-refractivity contribution in [2.75, 3.05) is 6.54 Å². The summed E-state index contributed by atoms with van der Waals surface area (Å²) in [6.07, 6.45) is 6.39. The zero-order valence-corrected chi connectivity index (χ0v) is 12.8. The Bertz CT molecular complexity index is 366. The van der Waals surface area contributed by atoms with Crippen molar-refractivity contribution in [3.8, 4) is 0 Å². The number of benzene rings is 1. The first-order chi connectivity index (χ1) is 9.11. The van der Waals surface area contributed by atoms with E-state index in [1.54, 1.807) is 6.07 Å². The number of nitrogens with one attached hydrogen (secondary N) is 1. The van der Waals surface area contributed by atoms with Crippen molar-refractivity contribution in [3.05, 3.63) is 34.6 Å². The van der Waals surface area contributed by atoms with Crippen molar-refractivity contribution in [1.29, 1.82) is 0 Å². The highest BCUT2D eigenvalue weighted by molar-refractivity contribution is 6.31. The zero-order valence-electron chi connectivity index (χ0n) is 12.0. The van der Waals surface area contributed by atoms with E-state index in [0.717, 1.165) is 18.0 Å². The Morgan fingerprint density at radius 1 is 1.16 bits per heavy atom. The summed E-state index contributed by atoms with van der Waals surface area (Å²) in [7, 11) is 0. The second-order valence-electron chi connectivity index (χ2n) is 5.49. The van der Waals surface area contributed by atoms with Crippen LogP contribution in [0.15, 0.2) is 18.2 Å². The molecular formula is C16H25ClFN. The maximum atomic E-state index is 13.2. The lowest BCUT2D eigenvalue weighted by Crippen LogP contribution is -2.15. The van der Waals surface area contributed by atoms with E-state index in [1.165, 1.54) is 38.2 Å². The monoisotopic (exact) mass is 285 g/mol. The van der Waals surface area contributed by atoms with Gasteiger partial charge in [0.1, 0.15) is 5.82 Å². The Kier molecular flexibility index (Phi) is 8.08. The molecule has 3 heteroatoms. The van der Waals surface area contributed by atoms with E-state index >= 15 is 0 Å². The standard InChI is InChI=1S/C16H25ClFN/c1-13(2)8-5-3-4-6-11-19-12-14-9-7-10-15(18)16(14)17/h7,9-10,13,19H,3-6,8,11-12H2,1-2H3. The van der Waals surface area contributed by atoms with Gasteiger partial charge in [-0.1, -0.05) is 63.3 Å². The molecule has 1 aromatic carbocycles. The molecule has 19 heavy (non-hydrogen) atoms. The van der Waals surface area contributed by atoms with Crippen molar-refractivity contribution >= 4 is 11.6 Å². The number of unbranched alkanes of at least 4 members (excludes halogenated alkanes) is 3. The Morgan fingerprint density at radius 2 is 1.89 bits per heavy atom. The molecule has 0 atom stereocenters. The molecule has 0 amide bonds. The third kappa shape index (κ3) is 6.93. The quantitative estimate of drug-likeness (QED) is 0.617. The van der Waals surface area contributed by atoms with E-state index in [2.05, 4.69) is 19.2 Å². The van der Waals surface area contributed by atoms with Gasteiger partial charge in [-0.05, 0) is 30.5 Å². The molecule has 1 N–H and O–H groups in total. The normalized spacial score (nSPS) is 11.2. The van der Waals surface area contributed by atoms with Crippen LogP contribution >= 0.6 is 11.6 Å². The molecule has 0 aliphatic heterocycles. The van der Waals surface area contributed by atoms with Crippen LogP contribution in [0.2, 0.25) is 5.02 Å². The summed E-state index contributed by atoms with van der Waals surface area (Å²) in [5, 5.41) is 3.56. The van der Waals surface area contributed by atoms with Crippen molar-refractivity contribution < 1.29 is 4.39 Å². The van der Waals surface area contributed by atoms with Crippen molar-refractivity contribution in [2.45, 2.75) is 52.5 Å². The van der Waals surface area contributed by atoms with Crippen LogP contribution in [0.1, 0.15) is 51.5 Å². The summed E-state index contributed by atoms with van der Waals surface area (Å²) in [6, 6.07) is 4.95. The lowest BCUT2D eigenvalue weighted by molar-refractivity contribution is 0.512. The summed E-state index contributed by atoms with van der Waals surface area (Å²) in [5.41, 5.74) is 0.835. The SMILES string of the molecule is CC(C)CCCCCCNCc1cccc(F)c1Cl. The predicted molar refractivity (Wildman–Crippen MR) is 81.0 cm³/mol. The minimum atomic E-state index is -0.338. The maximum Gasteiger partial charge on any atom is 0.142 e. The first-order valence-electron chi connectivity index (χ1n) is 7.25. The molecule has 1 rings (SSSR count). The largest absolute Gasteiger partial charge is 0.313 e. The number of hydrogen-bond acceptors (Lipinski definition) is 1. The minimum absolute atomic E-state index is 0.243. The van der Waals surface area contributed by atoms with Crippen molar-refractivity contribution in [1.82, 2.24) is 5.32 Å². The molecule has 0 heterocycles. The molecular weight excluding hydrogens is 261 g/mol. The van der Waals surface area contributed by atoms with Gasteiger partial charge in [0.15, 0.2) is 0 Å². The molecule has 0 radical (unpaired) electrons. The van der Waals surface area contributed by atoms with Crippen LogP contribution in [-0.2, 0) is 6.54 Å². The number of hydrogen-bond donors (Lipinski definition) is 1. The molecule has 0 aliphatic rings. The topological polar surface area (TPSA) is 12.0 Å². The van der Waals surface area contributed by atoms with Gasteiger partial charge >= 0.3 is 0 Å². The predicted octanol–water partition coefficient (Wildman–Crippen LogP) is 5.18. The molecule has 0 saturated carbocycles. The van der Waals surface area contributed by atoms with E-state index in [4.69, 9.17) is 11.6 Å². The Morgan fingerprint density at radius 3 is 2.63 bits per heavy atom. The third-order valence-electron chi connectivity index (χ3n) is 3.23. The van der Waals surface area contributed by atoms with Gasteiger partial charge in [0, 0.05) is 6.54 Å². The molecule has 0 saturated heterocycles. The van der Waals surface area contributed by atoms with Gasteiger partial charge in [0.25, 0.3) is 0 Å². The summed E-state index contributed by atoms with van der Waals surface area (Å²) in [5.74, 6) is 0.475. The van der Waals surface area contributed by atoms with Gasteiger partial charge < -0.3 is 5.32 Å². The van der Waals surface area contributed by atoms with E-state index in [0.29, 0.717) is 6.54 Å². The molecule has 0 aromatic heterocycles. The van der Waals surface area contributed by atoms with E-state index < -0.39 is 0 Å². The highest BCUT2D eigenvalue weighted by atomic mass is 35.5. The summed E-state index contributed by atoms with van der Waals surface area (Å²) < 4.78 is 13.2. The Labute approximate surface area is 121 Å². The molecule has 1 aromatic rings. The van der Waals surface area contributed by atoms with Gasteiger partial charge in [0.2, 0.25) is 0 Å².